The van der Waals surface area contributed by atoms with Crippen LogP contribution in [-0.2, 0) is 4.74 Å². The maximum atomic E-state index is 13.4. The van der Waals surface area contributed by atoms with Crippen molar-refractivity contribution >= 4 is 17.5 Å². The lowest BCUT2D eigenvalue weighted by Gasteiger charge is -2.34. The van der Waals surface area contributed by atoms with E-state index in [1.165, 1.54) is 6.92 Å². The molecular weight excluding hydrogens is 440 g/mol. The van der Waals surface area contributed by atoms with Crippen LogP contribution in [0.2, 0.25) is 0 Å². The highest BCUT2D eigenvalue weighted by Gasteiger charge is 2.43. The number of aliphatic hydroxyl groups is 2. The number of aromatic hydroxyl groups is 4. The molecule has 2 aliphatic rings. The van der Waals surface area contributed by atoms with Crippen molar-refractivity contribution in [1.29, 1.82) is 0 Å². The number of aliphatic hydroxyl groups excluding tert-OH is 2. The van der Waals surface area contributed by atoms with Crippen LogP contribution in [0.25, 0.3) is 0 Å². The fourth-order valence-electron chi connectivity index (χ4n) is 4.57. The minimum absolute atomic E-state index is 0.0802. The SMILES string of the molecule is Cc1c(C(=O)O)c(O)cc2c1C(=O)c1c(O)c(C3C[C@@H](O)C[C@@H](CO)O3)c(O)c(O)c1C2=O. The van der Waals surface area contributed by atoms with Crippen molar-refractivity contribution in [3.8, 4) is 23.0 Å². The second-order valence-corrected chi connectivity index (χ2v) is 8.05. The van der Waals surface area contributed by atoms with Gasteiger partial charge in [0.1, 0.15) is 17.1 Å². The predicted molar refractivity (Wildman–Crippen MR) is 108 cm³/mol. The Bertz CT molecular complexity index is 1230. The number of hydrogen-bond acceptors (Lipinski definition) is 10. The monoisotopic (exact) mass is 460 g/mol. The molecule has 33 heavy (non-hydrogen) atoms. The number of carboxylic acids is 1. The Labute approximate surface area is 185 Å². The van der Waals surface area contributed by atoms with E-state index < -0.39 is 93.3 Å². The van der Waals surface area contributed by atoms with Gasteiger partial charge in [0, 0.05) is 24.0 Å². The fourth-order valence-corrected chi connectivity index (χ4v) is 4.57. The number of ketones is 2. The third-order valence-electron chi connectivity index (χ3n) is 6.06. The van der Waals surface area contributed by atoms with Gasteiger partial charge in [0.15, 0.2) is 23.1 Å². The largest absolute Gasteiger partial charge is 0.507 e. The number of carboxylic acid groups (broad SMARTS) is 1. The zero-order valence-corrected chi connectivity index (χ0v) is 17.2. The molecule has 0 bridgehead atoms. The molecule has 2 aromatic rings. The Morgan fingerprint density at radius 3 is 2.24 bits per heavy atom. The number of carbonyl (C=O) groups excluding carboxylic acids is 2. The lowest BCUT2D eigenvalue weighted by atomic mass is 9.78. The smallest absolute Gasteiger partial charge is 0.339 e. The number of hydrogen-bond donors (Lipinski definition) is 7. The molecule has 0 radical (unpaired) electrons. The molecule has 11 nitrogen and oxygen atoms in total. The highest BCUT2D eigenvalue weighted by Crippen LogP contribution is 2.51. The molecule has 1 heterocycles. The average molecular weight is 460 g/mol. The summed E-state index contributed by atoms with van der Waals surface area (Å²) in [6, 6.07) is 0.781. The zero-order chi connectivity index (χ0) is 24.4. The van der Waals surface area contributed by atoms with Gasteiger partial charge in [-0.3, -0.25) is 9.59 Å². The number of phenolic OH excluding ortho intramolecular Hbond substituents is 3. The first-order chi connectivity index (χ1) is 15.5. The van der Waals surface area contributed by atoms with Crippen molar-refractivity contribution in [1.82, 2.24) is 0 Å². The Hall–Kier alpha value is -3.67. The summed E-state index contributed by atoms with van der Waals surface area (Å²) in [6.07, 6.45) is -3.14. The van der Waals surface area contributed by atoms with Gasteiger partial charge in [-0.05, 0) is 18.6 Å². The average Bonchev–Trinajstić information content (AvgIpc) is 2.73. The zero-order valence-electron chi connectivity index (χ0n) is 17.2. The number of aromatic carboxylic acids is 1. The van der Waals surface area contributed by atoms with Gasteiger partial charge in [-0.15, -0.1) is 0 Å². The molecular formula is C22H20O11. The van der Waals surface area contributed by atoms with Gasteiger partial charge in [0.2, 0.25) is 0 Å². The molecule has 4 rings (SSSR count). The molecule has 7 N–H and O–H groups in total. The highest BCUT2D eigenvalue weighted by molar-refractivity contribution is 6.31. The minimum atomic E-state index is -1.54. The Morgan fingerprint density at radius 1 is 1.00 bits per heavy atom. The summed E-state index contributed by atoms with van der Waals surface area (Å²) in [5, 5.41) is 71.1. The standard InChI is InChI=1S/C22H20O11/c1-6-12-9(4-10(25)13(6)22(31)32)17(26)15-16(18(12)27)19(28)14(20(29)21(15)30)11-3-7(24)2-8(5-23)33-11/h4,7-8,11,23-25,28-30H,2-3,5H2,1H3,(H,31,32)/t7-,8-,11?/m0/s1. The van der Waals surface area contributed by atoms with Gasteiger partial charge in [-0.2, -0.15) is 0 Å². The second kappa shape index (κ2) is 7.73. The van der Waals surface area contributed by atoms with Crippen molar-refractivity contribution in [3.05, 3.63) is 45.0 Å². The molecule has 0 spiro atoms. The summed E-state index contributed by atoms with van der Waals surface area (Å²) in [7, 11) is 0. The lowest BCUT2D eigenvalue weighted by molar-refractivity contribution is -0.114. The molecule has 1 saturated heterocycles. The molecule has 1 fully saturated rings. The van der Waals surface area contributed by atoms with E-state index in [1.807, 2.05) is 0 Å². The van der Waals surface area contributed by atoms with E-state index in [1.54, 1.807) is 0 Å². The van der Waals surface area contributed by atoms with Gasteiger partial charge in [-0.1, -0.05) is 0 Å². The van der Waals surface area contributed by atoms with Crippen molar-refractivity contribution in [2.75, 3.05) is 6.61 Å². The molecule has 11 heteroatoms. The summed E-state index contributed by atoms with van der Waals surface area (Å²) in [6.45, 7) is 0.736. The molecule has 0 amide bonds. The van der Waals surface area contributed by atoms with E-state index in [4.69, 9.17) is 4.74 Å². The van der Waals surface area contributed by atoms with Crippen LogP contribution >= 0.6 is 0 Å². The number of ether oxygens (including phenoxy) is 1. The van der Waals surface area contributed by atoms with Gasteiger partial charge >= 0.3 is 5.97 Å². The van der Waals surface area contributed by atoms with Crippen LogP contribution in [0, 0.1) is 6.92 Å². The van der Waals surface area contributed by atoms with E-state index in [0.29, 0.717) is 0 Å². The number of rotatable bonds is 3. The van der Waals surface area contributed by atoms with Crippen LogP contribution < -0.4 is 0 Å². The van der Waals surface area contributed by atoms with Crippen LogP contribution in [0.5, 0.6) is 23.0 Å². The molecule has 0 aromatic heterocycles. The maximum Gasteiger partial charge on any atom is 0.339 e. The van der Waals surface area contributed by atoms with Crippen LogP contribution in [-0.4, -0.2) is 72.1 Å². The number of phenols is 4. The molecule has 3 atom stereocenters. The second-order valence-electron chi connectivity index (χ2n) is 8.05. The van der Waals surface area contributed by atoms with Crippen molar-refractivity contribution < 1.29 is 54.9 Å². The molecule has 0 saturated carbocycles. The highest BCUT2D eigenvalue weighted by atomic mass is 16.5. The topological polar surface area (TPSA) is 202 Å². The van der Waals surface area contributed by atoms with E-state index in [0.717, 1.165) is 6.07 Å². The first-order valence-electron chi connectivity index (χ1n) is 9.93. The Kier molecular flexibility index (Phi) is 5.27. The third kappa shape index (κ3) is 3.20. The summed E-state index contributed by atoms with van der Waals surface area (Å²) in [5.74, 6) is -7.21. The maximum absolute atomic E-state index is 13.4. The van der Waals surface area contributed by atoms with Crippen LogP contribution in [0.4, 0.5) is 0 Å². The van der Waals surface area contributed by atoms with Crippen LogP contribution in [0.3, 0.4) is 0 Å². The van der Waals surface area contributed by atoms with Crippen molar-refractivity contribution in [3.63, 3.8) is 0 Å². The number of fused-ring (bicyclic) bond motifs is 2. The fraction of sp³-hybridized carbons (Fsp3) is 0.318. The summed E-state index contributed by atoms with van der Waals surface area (Å²) in [5.41, 5.74) is -3.46. The predicted octanol–water partition coefficient (Wildman–Crippen LogP) is 0.864. The van der Waals surface area contributed by atoms with E-state index in [-0.39, 0.29) is 24.0 Å². The van der Waals surface area contributed by atoms with E-state index in [2.05, 4.69) is 0 Å². The first kappa shape index (κ1) is 22.5. The van der Waals surface area contributed by atoms with Gasteiger partial charge in [0.25, 0.3) is 0 Å². The quantitative estimate of drug-likeness (QED) is 0.216. The Morgan fingerprint density at radius 2 is 1.64 bits per heavy atom. The molecule has 1 aliphatic carbocycles. The van der Waals surface area contributed by atoms with Gasteiger partial charge in [-0.25, -0.2) is 4.79 Å². The van der Waals surface area contributed by atoms with Crippen molar-refractivity contribution in [2.24, 2.45) is 0 Å². The lowest BCUT2D eigenvalue weighted by Crippen LogP contribution is -2.34. The van der Waals surface area contributed by atoms with Gasteiger partial charge < -0.3 is 40.5 Å². The molecule has 174 valence electrons. The van der Waals surface area contributed by atoms with Crippen LogP contribution in [0.15, 0.2) is 6.07 Å². The van der Waals surface area contributed by atoms with Crippen molar-refractivity contribution in [2.45, 2.75) is 38.1 Å². The van der Waals surface area contributed by atoms with E-state index in [9.17, 15) is 50.1 Å². The summed E-state index contributed by atoms with van der Waals surface area (Å²) >= 11 is 0. The Balaban J connectivity index is 1.97. The first-order valence-corrected chi connectivity index (χ1v) is 9.93. The summed E-state index contributed by atoms with van der Waals surface area (Å²) in [4.78, 5) is 38.0. The summed E-state index contributed by atoms with van der Waals surface area (Å²) < 4.78 is 5.57. The third-order valence-corrected chi connectivity index (χ3v) is 6.06. The minimum Gasteiger partial charge on any atom is -0.507 e. The molecule has 2 aromatic carbocycles. The van der Waals surface area contributed by atoms with Gasteiger partial charge in [0.05, 0.1) is 41.6 Å². The molecule has 1 unspecified atom stereocenters. The number of benzene rings is 2. The molecule has 1 aliphatic heterocycles. The normalized spacial score (nSPS) is 22.1. The number of carbonyl (C=O) groups is 3. The van der Waals surface area contributed by atoms with E-state index >= 15 is 0 Å². The van der Waals surface area contributed by atoms with Crippen LogP contribution in [0.1, 0.15) is 72.3 Å².